The molecule has 150 valence electrons. The van der Waals surface area contributed by atoms with Crippen molar-refractivity contribution in [2.24, 2.45) is 0 Å². The van der Waals surface area contributed by atoms with E-state index in [0.717, 1.165) is 6.07 Å². The van der Waals surface area contributed by atoms with Crippen molar-refractivity contribution in [2.45, 2.75) is 12.5 Å². The largest absolute Gasteiger partial charge is 0.497 e. The lowest BCUT2D eigenvalue weighted by Crippen LogP contribution is -2.43. The molecular weight excluding hydrogens is 381 g/mol. The number of carbonyl (C=O) groups excluding carboxylic acids is 2. The van der Waals surface area contributed by atoms with Crippen LogP contribution in [0.4, 0.5) is 4.39 Å². The van der Waals surface area contributed by atoms with Gasteiger partial charge in [-0.15, -0.1) is 0 Å². The minimum Gasteiger partial charge on any atom is -0.497 e. The standard InChI is InChI=1S/C21H18FNO6/c1-27-13-7-8-14-12(10-19(24)29-18(14)11-13)9-17(21(26)28-2)23-20(25)15-5-3-4-6-16(15)22/h3-8,10-11,17H,9H2,1-2H3,(H,23,25)/t17-/m0/s1. The van der Waals surface area contributed by atoms with Crippen LogP contribution in [0, 0.1) is 5.82 Å². The van der Waals surface area contributed by atoms with Crippen molar-refractivity contribution >= 4 is 22.8 Å². The Morgan fingerprint density at radius 1 is 1.14 bits per heavy atom. The van der Waals surface area contributed by atoms with E-state index in [1.54, 1.807) is 18.2 Å². The summed E-state index contributed by atoms with van der Waals surface area (Å²) in [5.74, 6) is -1.72. The molecule has 1 aromatic heterocycles. The number of ether oxygens (including phenoxy) is 2. The molecule has 0 radical (unpaired) electrons. The fourth-order valence-electron chi connectivity index (χ4n) is 2.94. The van der Waals surface area contributed by atoms with Crippen LogP contribution in [0.5, 0.6) is 5.75 Å². The number of methoxy groups -OCH3 is 2. The lowest BCUT2D eigenvalue weighted by molar-refractivity contribution is -0.142. The Morgan fingerprint density at radius 3 is 2.59 bits per heavy atom. The van der Waals surface area contributed by atoms with E-state index >= 15 is 0 Å². The molecule has 2 aromatic carbocycles. The number of amides is 1. The zero-order valence-corrected chi connectivity index (χ0v) is 15.7. The van der Waals surface area contributed by atoms with Crippen LogP contribution < -0.4 is 15.7 Å². The summed E-state index contributed by atoms with van der Waals surface area (Å²) >= 11 is 0. The van der Waals surface area contributed by atoms with Crippen LogP contribution in [0.25, 0.3) is 11.0 Å². The van der Waals surface area contributed by atoms with E-state index in [4.69, 9.17) is 13.9 Å². The molecule has 0 aliphatic rings. The molecule has 0 aliphatic carbocycles. The summed E-state index contributed by atoms with van der Waals surface area (Å²) in [6.07, 6.45) is -0.0543. The van der Waals surface area contributed by atoms with Crippen LogP contribution in [-0.4, -0.2) is 32.1 Å². The van der Waals surface area contributed by atoms with Crippen molar-refractivity contribution in [1.82, 2.24) is 5.32 Å². The Hall–Kier alpha value is -3.68. The van der Waals surface area contributed by atoms with Gasteiger partial charge >= 0.3 is 11.6 Å². The van der Waals surface area contributed by atoms with Gasteiger partial charge in [-0.1, -0.05) is 12.1 Å². The predicted molar refractivity (Wildman–Crippen MR) is 102 cm³/mol. The van der Waals surface area contributed by atoms with Gasteiger partial charge in [-0.05, 0) is 29.8 Å². The van der Waals surface area contributed by atoms with Gasteiger partial charge in [0.2, 0.25) is 0 Å². The molecule has 0 bridgehead atoms. The summed E-state index contributed by atoms with van der Waals surface area (Å²) in [5, 5.41) is 3.04. The minimum atomic E-state index is -1.14. The molecule has 29 heavy (non-hydrogen) atoms. The fourth-order valence-corrected chi connectivity index (χ4v) is 2.94. The first-order valence-corrected chi connectivity index (χ1v) is 8.67. The third-order valence-corrected chi connectivity index (χ3v) is 4.37. The second-order valence-electron chi connectivity index (χ2n) is 6.19. The van der Waals surface area contributed by atoms with Crippen LogP contribution in [0.3, 0.4) is 0 Å². The monoisotopic (exact) mass is 399 g/mol. The molecule has 1 amide bonds. The summed E-state index contributed by atoms with van der Waals surface area (Å²) in [5.41, 5.74) is -0.0904. The third kappa shape index (κ3) is 4.43. The van der Waals surface area contributed by atoms with Crippen molar-refractivity contribution < 1.29 is 27.9 Å². The van der Waals surface area contributed by atoms with E-state index < -0.39 is 29.4 Å². The number of carbonyl (C=O) groups is 2. The summed E-state index contributed by atoms with van der Waals surface area (Å²) in [7, 11) is 2.65. The number of hydrogen-bond acceptors (Lipinski definition) is 6. The molecule has 0 unspecified atom stereocenters. The molecule has 3 rings (SSSR count). The van der Waals surface area contributed by atoms with Gasteiger partial charge in [0, 0.05) is 23.9 Å². The van der Waals surface area contributed by atoms with Gasteiger partial charge in [0.1, 0.15) is 23.2 Å². The van der Waals surface area contributed by atoms with Crippen LogP contribution in [0.15, 0.2) is 57.7 Å². The highest BCUT2D eigenvalue weighted by atomic mass is 19.1. The highest BCUT2D eigenvalue weighted by molar-refractivity contribution is 5.97. The maximum absolute atomic E-state index is 13.9. The average molecular weight is 399 g/mol. The highest BCUT2D eigenvalue weighted by Crippen LogP contribution is 2.23. The minimum absolute atomic E-state index is 0.0543. The van der Waals surface area contributed by atoms with Crippen molar-refractivity contribution in [2.75, 3.05) is 14.2 Å². The van der Waals surface area contributed by atoms with Crippen molar-refractivity contribution in [1.29, 1.82) is 0 Å². The van der Waals surface area contributed by atoms with Crippen LogP contribution >= 0.6 is 0 Å². The second-order valence-corrected chi connectivity index (χ2v) is 6.19. The molecule has 7 nitrogen and oxygen atoms in total. The molecule has 0 saturated carbocycles. The van der Waals surface area contributed by atoms with Crippen LogP contribution in [0.1, 0.15) is 15.9 Å². The number of hydrogen-bond donors (Lipinski definition) is 1. The molecule has 1 N–H and O–H groups in total. The van der Waals surface area contributed by atoms with Gasteiger partial charge in [-0.2, -0.15) is 0 Å². The zero-order chi connectivity index (χ0) is 21.0. The molecule has 0 saturated heterocycles. The average Bonchev–Trinajstić information content (AvgIpc) is 2.72. The molecular formula is C21H18FNO6. The van der Waals surface area contributed by atoms with E-state index in [0.29, 0.717) is 16.7 Å². The number of esters is 1. The first kappa shape index (κ1) is 20.1. The molecule has 1 atom stereocenters. The normalized spacial score (nSPS) is 11.7. The van der Waals surface area contributed by atoms with E-state index in [1.165, 1.54) is 38.5 Å². The molecule has 0 spiro atoms. The number of fused-ring (bicyclic) bond motifs is 1. The molecule has 1 heterocycles. The number of benzene rings is 2. The first-order chi connectivity index (χ1) is 13.9. The summed E-state index contributed by atoms with van der Waals surface area (Å²) in [6.45, 7) is 0. The predicted octanol–water partition coefficient (Wildman–Crippen LogP) is 2.45. The number of rotatable bonds is 6. The lowest BCUT2D eigenvalue weighted by atomic mass is 10.0. The Morgan fingerprint density at radius 2 is 1.90 bits per heavy atom. The Balaban J connectivity index is 1.95. The Labute approximate surface area is 165 Å². The van der Waals surface area contributed by atoms with Crippen molar-refractivity contribution in [3.63, 3.8) is 0 Å². The molecule has 0 aliphatic heterocycles. The SMILES string of the molecule is COC(=O)[C@H](Cc1cc(=O)oc2cc(OC)ccc12)NC(=O)c1ccccc1F. The lowest BCUT2D eigenvalue weighted by Gasteiger charge is -2.17. The van der Waals surface area contributed by atoms with Crippen LogP contribution in [0.2, 0.25) is 0 Å². The van der Waals surface area contributed by atoms with E-state index in [1.807, 2.05) is 0 Å². The quantitative estimate of drug-likeness (QED) is 0.505. The summed E-state index contributed by atoms with van der Waals surface area (Å²) in [6, 6.07) is 10.4. The van der Waals surface area contributed by atoms with Gasteiger partial charge in [0.25, 0.3) is 5.91 Å². The Bertz CT molecular complexity index is 1120. The van der Waals surface area contributed by atoms with Crippen molar-refractivity contribution in [3.05, 3.63) is 75.9 Å². The first-order valence-electron chi connectivity index (χ1n) is 8.67. The van der Waals surface area contributed by atoms with E-state index in [-0.39, 0.29) is 17.6 Å². The third-order valence-electron chi connectivity index (χ3n) is 4.37. The maximum atomic E-state index is 13.9. The second kappa shape index (κ2) is 8.55. The van der Waals surface area contributed by atoms with Crippen molar-refractivity contribution in [3.8, 4) is 5.75 Å². The Kier molecular flexibility index (Phi) is 5.92. The van der Waals surface area contributed by atoms with E-state index in [2.05, 4.69) is 5.32 Å². The molecule has 8 heteroatoms. The summed E-state index contributed by atoms with van der Waals surface area (Å²) < 4.78 is 29.0. The fraction of sp³-hybridized carbons (Fsp3) is 0.190. The molecule has 3 aromatic rings. The maximum Gasteiger partial charge on any atom is 0.336 e. The van der Waals surface area contributed by atoms with Gasteiger partial charge in [-0.25, -0.2) is 14.0 Å². The van der Waals surface area contributed by atoms with Gasteiger partial charge in [0.05, 0.1) is 19.8 Å². The summed E-state index contributed by atoms with van der Waals surface area (Å²) in [4.78, 5) is 36.6. The van der Waals surface area contributed by atoms with Crippen LogP contribution in [-0.2, 0) is 16.0 Å². The van der Waals surface area contributed by atoms with Gasteiger partial charge in [0.15, 0.2) is 0 Å². The zero-order valence-electron chi connectivity index (χ0n) is 15.7. The van der Waals surface area contributed by atoms with E-state index in [9.17, 15) is 18.8 Å². The number of halogens is 1. The number of nitrogens with one attached hydrogen (secondary N) is 1. The van der Waals surface area contributed by atoms with Gasteiger partial charge < -0.3 is 19.2 Å². The highest BCUT2D eigenvalue weighted by Gasteiger charge is 2.25. The smallest absolute Gasteiger partial charge is 0.336 e. The molecule has 0 fully saturated rings. The van der Waals surface area contributed by atoms with Gasteiger partial charge in [-0.3, -0.25) is 4.79 Å². The topological polar surface area (TPSA) is 94.8 Å².